The third-order valence-corrected chi connectivity index (χ3v) is 13.3. The number of likely N-dealkylation sites (tertiary alicyclic amines) is 2. The molecule has 6 heterocycles. The highest BCUT2D eigenvalue weighted by Crippen LogP contribution is 2.32. The number of nitrogens with one attached hydrogen (secondary N) is 3. The Morgan fingerprint density at radius 3 is 2.45 bits per heavy atom. The quantitative estimate of drug-likeness (QED) is 0.242. The number of aromatic nitrogens is 2. The van der Waals surface area contributed by atoms with Crippen molar-refractivity contribution in [2.24, 2.45) is 11.8 Å². The number of H-pyrrole nitrogens is 1. The number of carbonyl (C=O) groups excluding carboxylic acids is 3. The van der Waals surface area contributed by atoms with Gasteiger partial charge in [-0.25, -0.2) is 13.8 Å². The molecule has 1 atom stereocenters. The van der Waals surface area contributed by atoms with Gasteiger partial charge in [-0.1, -0.05) is 0 Å². The predicted molar refractivity (Wildman–Crippen MR) is 209 cm³/mol. The number of carbonyl (C=O) groups is 3. The van der Waals surface area contributed by atoms with Gasteiger partial charge in [0.2, 0.25) is 17.7 Å². The summed E-state index contributed by atoms with van der Waals surface area (Å²) in [5, 5.41) is 5.73. The molecule has 0 spiro atoms. The van der Waals surface area contributed by atoms with Crippen molar-refractivity contribution in [1.82, 2.24) is 25.1 Å². The van der Waals surface area contributed by atoms with Crippen LogP contribution in [0.3, 0.4) is 0 Å². The number of benzene rings is 2. The van der Waals surface area contributed by atoms with Gasteiger partial charge in [0.05, 0.1) is 23.6 Å². The smallest absolute Gasteiger partial charge is 0.261 e. The van der Waals surface area contributed by atoms with Crippen molar-refractivity contribution in [2.75, 3.05) is 69.3 Å². The molecule has 0 bridgehead atoms. The molecule has 1 unspecified atom stereocenters. The maximum Gasteiger partial charge on any atom is 0.261 e. The summed E-state index contributed by atoms with van der Waals surface area (Å²) in [7, 11) is 0. The fourth-order valence-electron chi connectivity index (χ4n) is 8.52. The first-order chi connectivity index (χ1) is 27.2. The number of anilines is 2. The zero-order valence-electron chi connectivity index (χ0n) is 31.4. The summed E-state index contributed by atoms with van der Waals surface area (Å²) in [4.78, 5) is 63.3. The Hall–Kier alpha value is -4.28. The Morgan fingerprint density at radius 1 is 0.946 bits per heavy atom. The third kappa shape index (κ3) is 8.81. The molecule has 5 saturated heterocycles. The highest BCUT2D eigenvalue weighted by molar-refractivity contribution is 7.99. The van der Waals surface area contributed by atoms with Crippen LogP contribution in [-0.4, -0.2) is 114 Å². The molecule has 300 valence electrons. The van der Waals surface area contributed by atoms with E-state index in [1.54, 1.807) is 30.0 Å². The number of rotatable bonds is 11. The lowest BCUT2D eigenvalue weighted by Crippen LogP contribution is -2.63. The van der Waals surface area contributed by atoms with Gasteiger partial charge in [0.15, 0.2) is 0 Å². The van der Waals surface area contributed by atoms with Crippen molar-refractivity contribution in [1.29, 1.82) is 0 Å². The van der Waals surface area contributed by atoms with Crippen LogP contribution in [0.2, 0.25) is 0 Å². The number of fused-ring (bicyclic) bond motifs is 1. The Morgan fingerprint density at radius 2 is 1.71 bits per heavy atom. The molecule has 13 nitrogen and oxygen atoms in total. The summed E-state index contributed by atoms with van der Waals surface area (Å²) < 4.78 is 41.7. The van der Waals surface area contributed by atoms with Crippen molar-refractivity contribution in [3.63, 3.8) is 0 Å². The largest absolute Gasteiger partial charge is 0.493 e. The summed E-state index contributed by atoms with van der Waals surface area (Å²) in [6, 6.07) is 7.51. The maximum atomic E-state index is 15.2. The molecule has 8 rings (SSSR count). The average molecular weight is 794 g/mol. The maximum absolute atomic E-state index is 15.2. The molecule has 56 heavy (non-hydrogen) atoms. The normalized spacial score (nSPS) is 22.3. The minimum absolute atomic E-state index is 0.0513. The van der Waals surface area contributed by atoms with Gasteiger partial charge in [0.1, 0.15) is 34.6 Å². The first-order valence-corrected chi connectivity index (χ1v) is 20.9. The molecular formula is C40H49F2N7O6S. The number of imide groups is 1. The molecular weight excluding hydrogens is 745 g/mol. The number of halogens is 2. The average Bonchev–Trinajstić information content (AvgIpc) is 3.17. The van der Waals surface area contributed by atoms with E-state index in [4.69, 9.17) is 9.47 Å². The van der Waals surface area contributed by atoms with Crippen LogP contribution < -0.4 is 25.8 Å². The summed E-state index contributed by atoms with van der Waals surface area (Å²) in [5.41, 5.74) is 0.786. The van der Waals surface area contributed by atoms with Gasteiger partial charge < -0.3 is 29.6 Å². The molecule has 5 aliphatic rings. The van der Waals surface area contributed by atoms with Crippen molar-refractivity contribution in [3.8, 4) is 5.75 Å². The van der Waals surface area contributed by atoms with Crippen molar-refractivity contribution in [3.05, 3.63) is 58.1 Å². The van der Waals surface area contributed by atoms with Crippen molar-refractivity contribution in [2.45, 2.75) is 74.5 Å². The molecule has 5 aliphatic heterocycles. The summed E-state index contributed by atoms with van der Waals surface area (Å²) in [6.45, 7) is 6.35. The van der Waals surface area contributed by atoms with Crippen molar-refractivity contribution < 1.29 is 32.6 Å². The zero-order chi connectivity index (χ0) is 38.8. The molecule has 3 N–H and O–H groups in total. The lowest BCUT2D eigenvalue weighted by atomic mass is 9.91. The van der Waals surface area contributed by atoms with Gasteiger partial charge in [-0.05, 0) is 82.2 Å². The number of hydrogen-bond acceptors (Lipinski definition) is 11. The lowest BCUT2D eigenvalue weighted by molar-refractivity contribution is -0.144. The first-order valence-electron chi connectivity index (χ1n) is 19.9. The van der Waals surface area contributed by atoms with E-state index in [0.717, 1.165) is 52.0 Å². The van der Waals surface area contributed by atoms with Crippen LogP contribution in [0, 0.1) is 23.5 Å². The fraction of sp³-hybridized carbons (Fsp3) is 0.575. The number of amides is 3. The van der Waals surface area contributed by atoms with E-state index in [2.05, 4.69) is 25.5 Å². The third-order valence-electron chi connectivity index (χ3n) is 11.9. The summed E-state index contributed by atoms with van der Waals surface area (Å²) in [5.74, 6) is 0.130. The highest BCUT2D eigenvalue weighted by atomic mass is 32.2. The highest BCUT2D eigenvalue weighted by Gasteiger charge is 2.39. The molecule has 1 aromatic heterocycles. The number of nitrogens with zero attached hydrogens (tertiary/aromatic N) is 4. The van der Waals surface area contributed by atoms with Gasteiger partial charge in [-0.3, -0.25) is 29.4 Å². The molecule has 0 radical (unpaired) electrons. The van der Waals surface area contributed by atoms with Gasteiger partial charge in [-0.15, -0.1) is 0 Å². The fourth-order valence-corrected chi connectivity index (χ4v) is 9.57. The molecule has 16 heteroatoms. The second kappa shape index (κ2) is 17.1. The van der Waals surface area contributed by atoms with Gasteiger partial charge in [0, 0.05) is 80.8 Å². The summed E-state index contributed by atoms with van der Waals surface area (Å²) >= 11 is 1.74. The lowest BCUT2D eigenvalue weighted by Gasteiger charge is -2.49. The van der Waals surface area contributed by atoms with E-state index >= 15 is 8.78 Å². The van der Waals surface area contributed by atoms with Crippen LogP contribution in [-0.2, 0) is 24.9 Å². The monoisotopic (exact) mass is 793 g/mol. The van der Waals surface area contributed by atoms with Crippen molar-refractivity contribution >= 4 is 51.8 Å². The number of piperidine rings is 3. The Balaban J connectivity index is 0.753. The molecule has 0 saturated carbocycles. The molecule has 5 fully saturated rings. The topological polar surface area (TPSA) is 149 Å². The number of hydrogen-bond donors (Lipinski definition) is 3. The van der Waals surface area contributed by atoms with E-state index in [-0.39, 0.29) is 29.5 Å². The Labute approximate surface area is 328 Å². The van der Waals surface area contributed by atoms with Gasteiger partial charge in [0.25, 0.3) is 5.56 Å². The molecule has 2 aromatic carbocycles. The number of thioether (sulfide) groups is 1. The zero-order valence-corrected chi connectivity index (χ0v) is 32.2. The first kappa shape index (κ1) is 38.6. The van der Waals surface area contributed by atoms with E-state index in [9.17, 15) is 19.2 Å². The van der Waals surface area contributed by atoms with Crippen LogP contribution >= 0.6 is 11.8 Å². The standard InChI is InChI=1S/C40H49F2N7O6S/c41-30-17-26(43-32-2-4-36(50)46-38(32)51)1-3-34(30)48-13-7-25(8-14-48)40(53)49-20-27(21-49)47-11-5-24(6-12-47)22-55-28-18-31(42)37-33(19-28)44-35(45-39(37)52)23-56-29-9-15-54-16-10-29/h1,3,17-19,24-25,27,29,32,43H,2,4-16,20-23H2,(H,44,45,52)(H,46,50,51). The van der Waals surface area contributed by atoms with Gasteiger partial charge >= 0.3 is 0 Å². The summed E-state index contributed by atoms with van der Waals surface area (Å²) in [6.07, 6.45) is 5.73. The SMILES string of the molecule is O=C1CCC(Nc2ccc(N3CCC(C(=O)N4CC(N5CCC(COc6cc(F)c7c(=O)[nH]c(CSC8CCOCC8)nc7c6)CC5)C4)CC3)c(F)c2)C(=O)N1. The molecule has 0 aliphatic carbocycles. The van der Waals surface area contributed by atoms with Crippen LogP contribution in [0.1, 0.15) is 57.2 Å². The van der Waals surface area contributed by atoms with Crippen LogP contribution in [0.15, 0.2) is 35.1 Å². The second-order valence-electron chi connectivity index (χ2n) is 15.7. The molecule has 3 aromatic rings. The number of aromatic amines is 1. The van der Waals surface area contributed by atoms with Gasteiger partial charge in [-0.2, -0.15) is 11.8 Å². The van der Waals surface area contributed by atoms with Crippen LogP contribution in [0.5, 0.6) is 5.75 Å². The van der Waals surface area contributed by atoms with E-state index in [1.807, 2.05) is 9.80 Å². The molecule has 3 amide bonds. The van der Waals surface area contributed by atoms with Crippen LogP contribution in [0.25, 0.3) is 10.9 Å². The number of ether oxygens (including phenoxy) is 2. The van der Waals surface area contributed by atoms with Crippen LogP contribution in [0.4, 0.5) is 20.2 Å². The Kier molecular flexibility index (Phi) is 11.8. The minimum Gasteiger partial charge on any atom is -0.493 e. The van der Waals surface area contributed by atoms with E-state index < -0.39 is 29.1 Å². The second-order valence-corrected chi connectivity index (χ2v) is 17.0. The Bertz CT molecular complexity index is 1990. The minimum atomic E-state index is -0.638. The van der Waals surface area contributed by atoms with E-state index in [1.165, 1.54) is 12.1 Å². The predicted octanol–water partition coefficient (Wildman–Crippen LogP) is 4.05. The van der Waals surface area contributed by atoms with E-state index in [0.29, 0.717) is 103 Å².